The van der Waals surface area contributed by atoms with Crippen molar-refractivity contribution in [3.8, 4) is 0 Å². The van der Waals surface area contributed by atoms with Crippen molar-refractivity contribution in [1.29, 1.82) is 0 Å². The van der Waals surface area contributed by atoms with Gasteiger partial charge in [-0.15, -0.1) is 0 Å². The first-order valence-electron chi connectivity index (χ1n) is 4.03. The molecular weight excluding hydrogens is 108 g/mol. The van der Waals surface area contributed by atoms with Crippen LogP contribution in [-0.2, 0) is 0 Å². The van der Waals surface area contributed by atoms with Gasteiger partial charge in [0.2, 0.25) is 0 Å². The van der Waals surface area contributed by atoms with Gasteiger partial charge in [0, 0.05) is 0 Å². The fraction of sp³-hybridized carbons (Fsp3) is 0.778. The van der Waals surface area contributed by atoms with Crippen molar-refractivity contribution < 1.29 is 0 Å². The SMILES string of the molecule is CC=C1CC1CCCC. The number of unbranched alkanes of at least 4 members (excludes halogenated alkanes) is 1. The predicted octanol–water partition coefficient (Wildman–Crippen LogP) is 3.14. The van der Waals surface area contributed by atoms with Crippen LogP contribution in [0.5, 0.6) is 0 Å². The van der Waals surface area contributed by atoms with Gasteiger partial charge >= 0.3 is 0 Å². The molecule has 1 fully saturated rings. The van der Waals surface area contributed by atoms with E-state index < -0.39 is 0 Å². The van der Waals surface area contributed by atoms with Crippen molar-refractivity contribution in [3.63, 3.8) is 0 Å². The molecule has 0 amide bonds. The van der Waals surface area contributed by atoms with Crippen molar-refractivity contribution in [2.24, 2.45) is 5.92 Å². The van der Waals surface area contributed by atoms with Crippen LogP contribution < -0.4 is 0 Å². The second-order valence-corrected chi connectivity index (χ2v) is 2.91. The molecule has 0 saturated heterocycles. The highest BCUT2D eigenvalue weighted by atomic mass is 14.3. The lowest BCUT2D eigenvalue weighted by atomic mass is 10.2. The predicted molar refractivity (Wildman–Crippen MR) is 41.4 cm³/mol. The molecule has 1 rings (SSSR count). The van der Waals surface area contributed by atoms with E-state index in [1.54, 1.807) is 5.57 Å². The average Bonchev–Trinajstić information content (AvgIpc) is 2.62. The molecule has 1 atom stereocenters. The van der Waals surface area contributed by atoms with E-state index in [2.05, 4.69) is 19.9 Å². The molecule has 0 bridgehead atoms. The van der Waals surface area contributed by atoms with Gasteiger partial charge in [-0.2, -0.15) is 0 Å². The molecule has 0 N–H and O–H groups in total. The van der Waals surface area contributed by atoms with Crippen LogP contribution in [-0.4, -0.2) is 0 Å². The van der Waals surface area contributed by atoms with E-state index in [0.717, 1.165) is 5.92 Å². The summed E-state index contributed by atoms with van der Waals surface area (Å²) in [4.78, 5) is 0. The van der Waals surface area contributed by atoms with Crippen LogP contribution in [0.15, 0.2) is 11.6 Å². The minimum atomic E-state index is 0.995. The van der Waals surface area contributed by atoms with E-state index >= 15 is 0 Å². The smallest absolute Gasteiger partial charge is 0.0166 e. The van der Waals surface area contributed by atoms with Crippen LogP contribution >= 0.6 is 0 Å². The summed E-state index contributed by atoms with van der Waals surface area (Å²) in [6.45, 7) is 4.42. The average molecular weight is 124 g/mol. The lowest BCUT2D eigenvalue weighted by Gasteiger charge is -1.89. The Morgan fingerprint density at radius 3 is 2.89 bits per heavy atom. The molecule has 0 aromatic heterocycles. The third-order valence-electron chi connectivity index (χ3n) is 2.12. The molecule has 9 heavy (non-hydrogen) atoms. The van der Waals surface area contributed by atoms with Gasteiger partial charge in [-0.25, -0.2) is 0 Å². The van der Waals surface area contributed by atoms with E-state index in [4.69, 9.17) is 0 Å². The lowest BCUT2D eigenvalue weighted by Crippen LogP contribution is -1.74. The zero-order valence-electron chi connectivity index (χ0n) is 6.48. The summed E-state index contributed by atoms with van der Waals surface area (Å²) in [7, 11) is 0. The summed E-state index contributed by atoms with van der Waals surface area (Å²) in [6.07, 6.45) is 7.89. The maximum absolute atomic E-state index is 2.28. The first-order chi connectivity index (χ1) is 4.38. The van der Waals surface area contributed by atoms with E-state index in [1.165, 1.54) is 25.7 Å². The summed E-state index contributed by atoms with van der Waals surface area (Å²) < 4.78 is 0. The van der Waals surface area contributed by atoms with Gasteiger partial charge in [-0.1, -0.05) is 31.4 Å². The van der Waals surface area contributed by atoms with E-state index in [0.29, 0.717) is 0 Å². The van der Waals surface area contributed by atoms with Crippen LogP contribution in [0.2, 0.25) is 0 Å². The maximum Gasteiger partial charge on any atom is -0.0166 e. The summed E-state index contributed by atoms with van der Waals surface area (Å²) in [6, 6.07) is 0. The highest BCUT2D eigenvalue weighted by molar-refractivity contribution is 5.21. The van der Waals surface area contributed by atoms with E-state index in [-0.39, 0.29) is 0 Å². The molecule has 0 heteroatoms. The van der Waals surface area contributed by atoms with Gasteiger partial charge < -0.3 is 0 Å². The largest absolute Gasteiger partial charge is 0.0881 e. The Bertz CT molecular complexity index is 111. The summed E-state index contributed by atoms with van der Waals surface area (Å²) in [5.74, 6) is 0.995. The number of hydrogen-bond acceptors (Lipinski definition) is 0. The Kier molecular flexibility index (Phi) is 2.32. The van der Waals surface area contributed by atoms with Crippen molar-refractivity contribution in [1.82, 2.24) is 0 Å². The standard InChI is InChI=1S/C9H16/c1-3-5-6-9-7-8(9)4-2/h4,9H,3,5-7H2,1-2H3. The number of hydrogen-bond donors (Lipinski definition) is 0. The van der Waals surface area contributed by atoms with Crippen LogP contribution in [0.4, 0.5) is 0 Å². The number of rotatable bonds is 3. The monoisotopic (exact) mass is 124 g/mol. The Labute approximate surface area is 58.0 Å². The minimum absolute atomic E-state index is 0.995. The molecule has 0 aromatic carbocycles. The lowest BCUT2D eigenvalue weighted by molar-refractivity contribution is 0.669. The molecule has 52 valence electrons. The number of allylic oxidation sites excluding steroid dienone is 2. The molecule has 0 aliphatic heterocycles. The van der Waals surface area contributed by atoms with Gasteiger partial charge in [-0.05, 0) is 25.7 Å². The zero-order chi connectivity index (χ0) is 6.69. The van der Waals surface area contributed by atoms with Gasteiger partial charge in [-0.3, -0.25) is 0 Å². The van der Waals surface area contributed by atoms with Crippen LogP contribution in [0.25, 0.3) is 0 Å². The molecule has 1 aliphatic carbocycles. The van der Waals surface area contributed by atoms with Crippen LogP contribution in [0.3, 0.4) is 0 Å². The second-order valence-electron chi connectivity index (χ2n) is 2.91. The summed E-state index contributed by atoms with van der Waals surface area (Å²) >= 11 is 0. The fourth-order valence-electron chi connectivity index (χ4n) is 1.32. The highest BCUT2D eigenvalue weighted by Gasteiger charge is 2.26. The molecule has 1 saturated carbocycles. The van der Waals surface area contributed by atoms with Crippen molar-refractivity contribution in [2.75, 3.05) is 0 Å². The van der Waals surface area contributed by atoms with Crippen LogP contribution in [0, 0.1) is 5.92 Å². The maximum atomic E-state index is 2.28. The van der Waals surface area contributed by atoms with Crippen LogP contribution in [0.1, 0.15) is 39.5 Å². The molecule has 0 nitrogen and oxygen atoms in total. The third-order valence-corrected chi connectivity index (χ3v) is 2.12. The quantitative estimate of drug-likeness (QED) is 0.507. The van der Waals surface area contributed by atoms with Crippen molar-refractivity contribution >= 4 is 0 Å². The van der Waals surface area contributed by atoms with Crippen molar-refractivity contribution in [3.05, 3.63) is 11.6 Å². The zero-order valence-corrected chi connectivity index (χ0v) is 6.48. The molecule has 0 heterocycles. The highest BCUT2D eigenvalue weighted by Crippen LogP contribution is 2.41. The molecule has 0 radical (unpaired) electrons. The Morgan fingerprint density at radius 2 is 2.44 bits per heavy atom. The molecule has 0 aromatic rings. The summed E-state index contributed by atoms with van der Waals surface area (Å²) in [5, 5.41) is 0. The van der Waals surface area contributed by atoms with Gasteiger partial charge in [0.1, 0.15) is 0 Å². The normalized spacial score (nSPS) is 29.1. The van der Waals surface area contributed by atoms with Gasteiger partial charge in [0.25, 0.3) is 0 Å². The Morgan fingerprint density at radius 1 is 1.67 bits per heavy atom. The summed E-state index contributed by atoms with van der Waals surface area (Å²) in [5.41, 5.74) is 1.70. The molecule has 1 aliphatic rings. The van der Waals surface area contributed by atoms with Gasteiger partial charge in [0.15, 0.2) is 0 Å². The topological polar surface area (TPSA) is 0 Å². The third kappa shape index (κ3) is 1.85. The first-order valence-corrected chi connectivity index (χ1v) is 4.03. The van der Waals surface area contributed by atoms with E-state index in [1.807, 2.05) is 0 Å². The van der Waals surface area contributed by atoms with Crippen molar-refractivity contribution in [2.45, 2.75) is 39.5 Å². The first kappa shape index (κ1) is 6.85. The van der Waals surface area contributed by atoms with Gasteiger partial charge in [0.05, 0.1) is 0 Å². The van der Waals surface area contributed by atoms with E-state index in [9.17, 15) is 0 Å². The molecule has 1 unspecified atom stereocenters. The minimum Gasteiger partial charge on any atom is -0.0881 e. The molecule has 0 spiro atoms. The molecular formula is C9H16. The fourth-order valence-corrected chi connectivity index (χ4v) is 1.32. The second kappa shape index (κ2) is 3.05. The Hall–Kier alpha value is -0.260. The Balaban J connectivity index is 2.05.